The fourth-order valence-electron chi connectivity index (χ4n) is 2.91. The van der Waals surface area contributed by atoms with Crippen molar-refractivity contribution < 1.29 is 9.59 Å². The van der Waals surface area contributed by atoms with Gasteiger partial charge in [-0.2, -0.15) is 4.68 Å². The monoisotopic (exact) mass is 371 g/mol. The molecule has 1 aliphatic heterocycles. The van der Waals surface area contributed by atoms with Crippen LogP contribution >= 0.6 is 0 Å². The minimum absolute atomic E-state index is 0.0466. The maximum absolute atomic E-state index is 12.3. The standard InChI is InChI=1S/C18H25N7O2/c1-3-14(2)17(27)19-13-16(26)23-9-11-24(12-10-23)18-20-21-22-25(18)15-7-5-4-6-8-15/h4-8,14H,3,9-13H2,1-2H3,(H,19,27)/t14-/m1/s1. The number of nitrogens with one attached hydrogen (secondary N) is 1. The van der Waals surface area contributed by atoms with Crippen LogP contribution in [0.1, 0.15) is 20.3 Å². The number of hydrogen-bond donors (Lipinski definition) is 1. The second kappa shape index (κ2) is 8.61. The van der Waals surface area contributed by atoms with Gasteiger partial charge >= 0.3 is 0 Å². The van der Waals surface area contributed by atoms with E-state index in [0.29, 0.717) is 32.1 Å². The van der Waals surface area contributed by atoms with Crippen LogP contribution in [0.4, 0.5) is 5.95 Å². The molecule has 0 aliphatic carbocycles. The minimum atomic E-state index is -0.0773. The maximum atomic E-state index is 12.3. The fourth-order valence-corrected chi connectivity index (χ4v) is 2.91. The van der Waals surface area contributed by atoms with E-state index >= 15 is 0 Å². The van der Waals surface area contributed by atoms with Crippen LogP contribution in [0.15, 0.2) is 30.3 Å². The van der Waals surface area contributed by atoms with Gasteiger partial charge in [-0.3, -0.25) is 9.59 Å². The summed E-state index contributed by atoms with van der Waals surface area (Å²) in [7, 11) is 0. The summed E-state index contributed by atoms with van der Waals surface area (Å²) in [6.45, 7) is 6.27. The number of rotatable bonds is 6. The first kappa shape index (κ1) is 18.8. The summed E-state index contributed by atoms with van der Waals surface area (Å²) in [5.74, 6) is 0.449. The third kappa shape index (κ3) is 4.42. The Morgan fingerprint density at radius 2 is 1.85 bits per heavy atom. The second-order valence-corrected chi connectivity index (χ2v) is 6.62. The Bertz CT molecular complexity index is 769. The zero-order chi connectivity index (χ0) is 19.2. The van der Waals surface area contributed by atoms with Crippen molar-refractivity contribution in [1.82, 2.24) is 30.4 Å². The molecule has 0 saturated carbocycles. The molecule has 9 heteroatoms. The Hall–Kier alpha value is -2.97. The highest BCUT2D eigenvalue weighted by molar-refractivity contribution is 5.85. The summed E-state index contributed by atoms with van der Waals surface area (Å²) in [4.78, 5) is 28.0. The average molecular weight is 371 g/mol. The molecule has 0 bridgehead atoms. The van der Waals surface area contributed by atoms with Crippen LogP contribution in [0, 0.1) is 5.92 Å². The van der Waals surface area contributed by atoms with E-state index in [0.717, 1.165) is 12.1 Å². The van der Waals surface area contributed by atoms with Crippen LogP contribution in [0.2, 0.25) is 0 Å². The number of hydrogen-bond acceptors (Lipinski definition) is 6. The molecular formula is C18H25N7O2. The van der Waals surface area contributed by atoms with Crippen molar-refractivity contribution in [2.24, 2.45) is 5.92 Å². The SMILES string of the molecule is CC[C@@H](C)C(=O)NCC(=O)N1CCN(c2nnnn2-c2ccccc2)CC1. The number of tetrazole rings is 1. The summed E-state index contributed by atoms with van der Waals surface area (Å²) in [6.07, 6.45) is 0.759. The lowest BCUT2D eigenvalue weighted by Gasteiger charge is -2.34. The van der Waals surface area contributed by atoms with Crippen LogP contribution < -0.4 is 10.2 Å². The molecule has 1 saturated heterocycles. The number of amides is 2. The molecule has 2 aromatic rings. The Balaban J connectivity index is 1.55. The molecule has 1 aliphatic rings. The number of benzene rings is 1. The van der Waals surface area contributed by atoms with Crippen molar-refractivity contribution in [3.05, 3.63) is 30.3 Å². The van der Waals surface area contributed by atoms with Crippen LogP contribution in [0.5, 0.6) is 0 Å². The molecule has 9 nitrogen and oxygen atoms in total. The zero-order valence-corrected chi connectivity index (χ0v) is 15.7. The van der Waals surface area contributed by atoms with Gasteiger partial charge in [0.15, 0.2) is 0 Å². The summed E-state index contributed by atoms with van der Waals surface area (Å²) in [5, 5.41) is 14.7. The van der Waals surface area contributed by atoms with Gasteiger partial charge in [-0.1, -0.05) is 37.1 Å². The van der Waals surface area contributed by atoms with E-state index < -0.39 is 0 Å². The number of nitrogens with zero attached hydrogens (tertiary/aromatic N) is 6. The van der Waals surface area contributed by atoms with E-state index in [2.05, 4.69) is 25.7 Å². The molecule has 1 atom stereocenters. The Kier molecular flexibility index (Phi) is 6.00. The highest BCUT2D eigenvalue weighted by Crippen LogP contribution is 2.17. The summed E-state index contributed by atoms with van der Waals surface area (Å²) < 4.78 is 1.70. The number of anilines is 1. The lowest BCUT2D eigenvalue weighted by atomic mass is 10.1. The molecule has 0 radical (unpaired) electrons. The first-order chi connectivity index (χ1) is 13.1. The predicted molar refractivity (Wildman–Crippen MR) is 100 cm³/mol. The van der Waals surface area contributed by atoms with Crippen molar-refractivity contribution >= 4 is 17.8 Å². The second-order valence-electron chi connectivity index (χ2n) is 6.62. The van der Waals surface area contributed by atoms with Crippen LogP contribution in [-0.4, -0.2) is 69.6 Å². The van der Waals surface area contributed by atoms with E-state index in [1.54, 1.807) is 9.58 Å². The van der Waals surface area contributed by atoms with Gasteiger partial charge in [0, 0.05) is 32.1 Å². The van der Waals surface area contributed by atoms with E-state index in [1.807, 2.05) is 44.2 Å². The topological polar surface area (TPSA) is 96.2 Å². The molecule has 2 amide bonds. The number of carbonyl (C=O) groups excluding carboxylic acids is 2. The zero-order valence-electron chi connectivity index (χ0n) is 15.7. The number of aromatic nitrogens is 4. The predicted octanol–water partition coefficient (Wildman–Crippen LogP) is 0.473. The Morgan fingerprint density at radius 3 is 2.52 bits per heavy atom. The van der Waals surface area contributed by atoms with E-state index in [1.165, 1.54) is 0 Å². The molecule has 27 heavy (non-hydrogen) atoms. The largest absolute Gasteiger partial charge is 0.347 e. The van der Waals surface area contributed by atoms with E-state index in [4.69, 9.17) is 0 Å². The molecular weight excluding hydrogens is 346 g/mol. The molecule has 0 unspecified atom stereocenters. The minimum Gasteiger partial charge on any atom is -0.347 e. The lowest BCUT2D eigenvalue weighted by molar-refractivity contribution is -0.134. The van der Waals surface area contributed by atoms with E-state index in [-0.39, 0.29) is 24.3 Å². The molecule has 1 aromatic carbocycles. The highest BCUT2D eigenvalue weighted by atomic mass is 16.2. The van der Waals surface area contributed by atoms with Gasteiger partial charge < -0.3 is 15.1 Å². The molecule has 1 N–H and O–H groups in total. The van der Waals surface area contributed by atoms with Crippen LogP contribution in [-0.2, 0) is 9.59 Å². The fraction of sp³-hybridized carbons (Fsp3) is 0.500. The van der Waals surface area contributed by atoms with E-state index in [9.17, 15) is 9.59 Å². The third-order valence-corrected chi connectivity index (χ3v) is 4.84. The van der Waals surface area contributed by atoms with Crippen LogP contribution in [0.3, 0.4) is 0 Å². The number of para-hydroxylation sites is 1. The first-order valence-corrected chi connectivity index (χ1v) is 9.24. The van der Waals surface area contributed by atoms with Crippen molar-refractivity contribution in [2.45, 2.75) is 20.3 Å². The first-order valence-electron chi connectivity index (χ1n) is 9.24. The van der Waals surface area contributed by atoms with Gasteiger partial charge in [-0.05, 0) is 29.0 Å². The molecule has 144 valence electrons. The molecule has 2 heterocycles. The van der Waals surface area contributed by atoms with Crippen molar-refractivity contribution in [1.29, 1.82) is 0 Å². The Morgan fingerprint density at radius 1 is 1.15 bits per heavy atom. The molecule has 0 spiro atoms. The average Bonchev–Trinajstić information content (AvgIpc) is 3.21. The van der Waals surface area contributed by atoms with Crippen molar-refractivity contribution in [3.8, 4) is 5.69 Å². The van der Waals surface area contributed by atoms with Gasteiger partial charge in [0.2, 0.25) is 17.8 Å². The number of piperazine rings is 1. The third-order valence-electron chi connectivity index (χ3n) is 4.84. The number of carbonyl (C=O) groups is 2. The quantitative estimate of drug-likeness (QED) is 0.793. The lowest BCUT2D eigenvalue weighted by Crippen LogP contribution is -2.52. The summed E-state index contributed by atoms with van der Waals surface area (Å²) in [6, 6.07) is 9.70. The normalized spacial score (nSPS) is 15.5. The van der Waals surface area contributed by atoms with Crippen LogP contribution in [0.25, 0.3) is 5.69 Å². The van der Waals surface area contributed by atoms with Gasteiger partial charge in [-0.15, -0.1) is 0 Å². The summed E-state index contributed by atoms with van der Waals surface area (Å²) in [5.41, 5.74) is 0.892. The Labute approximate surface area is 158 Å². The van der Waals surface area contributed by atoms with Gasteiger partial charge in [0.05, 0.1) is 12.2 Å². The van der Waals surface area contributed by atoms with Gasteiger partial charge in [0.1, 0.15) is 0 Å². The van der Waals surface area contributed by atoms with Gasteiger partial charge in [-0.25, -0.2) is 0 Å². The van der Waals surface area contributed by atoms with Gasteiger partial charge in [0.25, 0.3) is 0 Å². The molecule has 3 rings (SSSR count). The molecule has 1 fully saturated rings. The highest BCUT2D eigenvalue weighted by Gasteiger charge is 2.25. The smallest absolute Gasteiger partial charge is 0.250 e. The molecule has 1 aromatic heterocycles. The van der Waals surface area contributed by atoms with Crippen molar-refractivity contribution in [3.63, 3.8) is 0 Å². The van der Waals surface area contributed by atoms with Crippen molar-refractivity contribution in [2.75, 3.05) is 37.6 Å². The maximum Gasteiger partial charge on any atom is 0.250 e. The summed E-state index contributed by atoms with van der Waals surface area (Å²) >= 11 is 0.